The van der Waals surface area contributed by atoms with Crippen molar-refractivity contribution in [3.05, 3.63) is 0 Å². The van der Waals surface area contributed by atoms with Crippen LogP contribution < -0.4 is 0 Å². The zero-order valence-electron chi connectivity index (χ0n) is 9.92. The van der Waals surface area contributed by atoms with Gasteiger partial charge in [0.25, 0.3) is 0 Å². The summed E-state index contributed by atoms with van der Waals surface area (Å²) in [6, 6.07) is 0. The van der Waals surface area contributed by atoms with E-state index in [1.54, 1.807) is 27.7 Å². The van der Waals surface area contributed by atoms with Crippen molar-refractivity contribution in [3.8, 4) is 0 Å². The summed E-state index contributed by atoms with van der Waals surface area (Å²) in [6.45, 7) is 6.29. The predicted molar refractivity (Wildman–Crippen MR) is 66.0 cm³/mol. The number of hydrogen-bond acceptors (Lipinski definition) is 5. The minimum absolute atomic E-state index is 0.00111. The molecule has 0 unspecified atom stereocenters. The van der Waals surface area contributed by atoms with Gasteiger partial charge < -0.3 is 0 Å². The normalized spacial score (nSPS) is 18.9. The summed E-state index contributed by atoms with van der Waals surface area (Å²) in [5.41, 5.74) is 0. The second kappa shape index (κ2) is 4.15. The van der Waals surface area contributed by atoms with Crippen LogP contribution in [0.1, 0.15) is 27.7 Å². The fourth-order valence-corrected chi connectivity index (χ4v) is 7.34. The van der Waals surface area contributed by atoms with E-state index in [2.05, 4.69) is 0 Å². The maximum absolute atomic E-state index is 10.0. The van der Waals surface area contributed by atoms with Crippen LogP contribution in [0.15, 0.2) is 0 Å². The summed E-state index contributed by atoms with van der Waals surface area (Å²) in [5, 5.41) is 0. The molecular formula is C8H24O5P2. The molecule has 0 aromatic carbocycles. The number of hydrogen-bond donors (Lipinski definition) is 4. The molecule has 0 aliphatic carbocycles. The van der Waals surface area contributed by atoms with Crippen molar-refractivity contribution in [2.24, 2.45) is 0 Å². The van der Waals surface area contributed by atoms with Crippen molar-refractivity contribution >= 4 is 14.6 Å². The maximum atomic E-state index is 10.0. The monoisotopic (exact) mass is 262 g/mol. The van der Waals surface area contributed by atoms with Crippen molar-refractivity contribution in [1.29, 1.82) is 0 Å². The third-order valence-corrected chi connectivity index (χ3v) is 11.0. The molecule has 96 valence electrons. The van der Waals surface area contributed by atoms with Crippen molar-refractivity contribution in [2.45, 2.75) is 27.7 Å². The molecule has 0 aromatic heterocycles. The molecule has 4 N–H and O–H groups in total. The summed E-state index contributed by atoms with van der Waals surface area (Å²) < 4.78 is 5.08. The van der Waals surface area contributed by atoms with Crippen LogP contribution in [0, 0.1) is 0 Å². The van der Waals surface area contributed by atoms with Crippen LogP contribution in [-0.2, 0) is 4.31 Å². The van der Waals surface area contributed by atoms with Gasteiger partial charge in [-0.15, -0.1) is 0 Å². The van der Waals surface area contributed by atoms with Crippen LogP contribution in [-0.4, -0.2) is 44.2 Å². The molecule has 0 atom stereocenters. The average Bonchev–Trinajstić information content (AvgIpc) is 2.18. The van der Waals surface area contributed by atoms with Crippen LogP contribution >= 0.6 is 14.6 Å². The van der Waals surface area contributed by atoms with E-state index >= 15 is 0 Å². The van der Waals surface area contributed by atoms with Gasteiger partial charge in [-0.25, -0.2) is 0 Å². The summed E-state index contributed by atoms with van der Waals surface area (Å²) in [6.07, 6.45) is 0.00444. The second-order valence-corrected chi connectivity index (χ2v) is 12.3. The van der Waals surface area contributed by atoms with Gasteiger partial charge in [0, 0.05) is 0 Å². The number of rotatable bonds is 6. The molecule has 0 rings (SSSR count). The Bertz CT molecular complexity index is 201. The molecule has 0 spiro atoms. The Hall–Kier alpha value is 0.660. The molecular weight excluding hydrogens is 238 g/mol. The van der Waals surface area contributed by atoms with Crippen LogP contribution in [0.3, 0.4) is 0 Å². The van der Waals surface area contributed by atoms with Gasteiger partial charge in [-0.1, -0.05) is 0 Å². The van der Waals surface area contributed by atoms with Gasteiger partial charge in [0.1, 0.15) is 0 Å². The van der Waals surface area contributed by atoms with E-state index in [-0.39, 0.29) is 24.6 Å². The topological polar surface area (TPSA) is 90.2 Å². The third-order valence-electron chi connectivity index (χ3n) is 2.92. The van der Waals surface area contributed by atoms with Gasteiger partial charge in [0.05, 0.1) is 0 Å². The minimum atomic E-state index is -4.36. The molecule has 0 aromatic rings. The van der Waals surface area contributed by atoms with Gasteiger partial charge >= 0.3 is 90.8 Å². The van der Waals surface area contributed by atoms with Crippen molar-refractivity contribution in [1.82, 2.24) is 0 Å². The molecule has 15 heavy (non-hydrogen) atoms. The van der Waals surface area contributed by atoms with Gasteiger partial charge in [-0.3, -0.25) is 0 Å². The first-order valence-electron chi connectivity index (χ1n) is 5.26. The fourth-order valence-electron chi connectivity index (χ4n) is 1.11. The summed E-state index contributed by atoms with van der Waals surface area (Å²) in [7, 11) is -8.72. The predicted octanol–water partition coefficient (Wildman–Crippen LogP) is 1.65. The van der Waals surface area contributed by atoms with Crippen molar-refractivity contribution in [3.63, 3.8) is 0 Å². The van der Waals surface area contributed by atoms with E-state index < -0.39 is 14.6 Å². The fraction of sp³-hybridized carbons (Fsp3) is 1.00. The van der Waals surface area contributed by atoms with E-state index in [4.69, 9.17) is 4.31 Å². The first kappa shape index (κ1) is 15.7. The first-order valence-corrected chi connectivity index (χ1v) is 10.1. The van der Waals surface area contributed by atoms with Gasteiger partial charge in [-0.2, -0.15) is 0 Å². The van der Waals surface area contributed by atoms with Crippen LogP contribution in [0.2, 0.25) is 0 Å². The summed E-state index contributed by atoms with van der Waals surface area (Å²) in [4.78, 5) is 40.1. The molecule has 0 bridgehead atoms. The molecule has 0 radical (unpaired) electrons. The van der Waals surface area contributed by atoms with Crippen molar-refractivity contribution in [2.75, 3.05) is 24.6 Å². The zero-order chi connectivity index (χ0) is 12.4. The quantitative estimate of drug-likeness (QED) is 0.546. The second-order valence-electron chi connectivity index (χ2n) is 3.95. The Morgan fingerprint density at radius 1 is 0.667 bits per heavy atom. The molecule has 0 heterocycles. The molecule has 5 nitrogen and oxygen atoms in total. The van der Waals surface area contributed by atoms with E-state index in [1.165, 1.54) is 0 Å². The molecule has 0 aliphatic heterocycles. The van der Waals surface area contributed by atoms with Gasteiger partial charge in [0.15, 0.2) is 0 Å². The van der Waals surface area contributed by atoms with Crippen LogP contribution in [0.4, 0.5) is 0 Å². The first-order chi connectivity index (χ1) is 6.51. The van der Waals surface area contributed by atoms with Crippen LogP contribution in [0.25, 0.3) is 0 Å². The Kier molecular flexibility index (Phi) is 4.34. The van der Waals surface area contributed by atoms with Crippen LogP contribution in [0.5, 0.6) is 0 Å². The molecule has 0 saturated heterocycles. The SMILES string of the molecule is CCP(O)(O)(CC)OP(O)(O)(CC)CC. The third kappa shape index (κ3) is 3.86. The van der Waals surface area contributed by atoms with Gasteiger partial charge in [0.2, 0.25) is 0 Å². The zero-order valence-corrected chi connectivity index (χ0v) is 11.7. The Balaban J connectivity index is 5.15. The van der Waals surface area contributed by atoms with E-state index in [0.717, 1.165) is 0 Å². The Morgan fingerprint density at radius 2 is 0.867 bits per heavy atom. The van der Waals surface area contributed by atoms with E-state index in [0.29, 0.717) is 0 Å². The van der Waals surface area contributed by atoms with Crippen molar-refractivity contribution < 1.29 is 23.9 Å². The molecule has 0 amide bonds. The van der Waals surface area contributed by atoms with Gasteiger partial charge in [-0.05, 0) is 0 Å². The molecule has 0 fully saturated rings. The summed E-state index contributed by atoms with van der Waals surface area (Å²) in [5.74, 6) is 0. The Labute approximate surface area is 91.4 Å². The molecule has 0 saturated carbocycles. The van der Waals surface area contributed by atoms with E-state index in [9.17, 15) is 19.6 Å². The van der Waals surface area contributed by atoms with E-state index in [1.807, 2.05) is 0 Å². The average molecular weight is 262 g/mol. The summed E-state index contributed by atoms with van der Waals surface area (Å²) >= 11 is 0. The molecule has 0 aliphatic rings. The Morgan fingerprint density at radius 3 is 1.00 bits per heavy atom. The standard InChI is InChI=1S/C8H24O5P2/c1-5-14(9,10,6-2)13-15(11,12,7-3)8-4/h9-12H,5-8H2,1-4H3. The molecule has 7 heteroatoms.